The molecule has 5 rings (SSSR count). The van der Waals surface area contributed by atoms with Gasteiger partial charge in [-0.25, -0.2) is 9.59 Å². The molecule has 0 saturated carbocycles. The van der Waals surface area contributed by atoms with Gasteiger partial charge >= 0.3 is 12.1 Å². The fraction of sp³-hybridized carbons (Fsp3) is 0.615. The Labute approximate surface area is 196 Å². The van der Waals surface area contributed by atoms with Gasteiger partial charge in [0.25, 0.3) is 0 Å². The second-order valence-electron chi connectivity index (χ2n) is 10.4. The van der Waals surface area contributed by atoms with E-state index in [0.717, 1.165) is 63.8 Å². The van der Waals surface area contributed by atoms with Gasteiger partial charge in [-0.05, 0) is 63.2 Å². The summed E-state index contributed by atoms with van der Waals surface area (Å²) < 4.78 is 5.35. The SMILES string of the molecule is C=CCOC(=O)N1C2CCC1CC(N1CCC3(CC1)CN(C(=O)N(C)C)c1ccccc13)C2. The van der Waals surface area contributed by atoms with Gasteiger partial charge in [0.2, 0.25) is 0 Å². The summed E-state index contributed by atoms with van der Waals surface area (Å²) in [5.74, 6) is 0. The van der Waals surface area contributed by atoms with Crippen LogP contribution in [0.15, 0.2) is 36.9 Å². The molecule has 1 aromatic carbocycles. The van der Waals surface area contributed by atoms with Gasteiger partial charge in [0, 0.05) is 49.9 Å². The van der Waals surface area contributed by atoms with Crippen LogP contribution in [0.1, 0.15) is 44.1 Å². The molecule has 0 N–H and O–H groups in total. The molecule has 7 nitrogen and oxygen atoms in total. The van der Waals surface area contributed by atoms with Crippen LogP contribution in [0.3, 0.4) is 0 Å². The number of hydrogen-bond acceptors (Lipinski definition) is 4. The summed E-state index contributed by atoms with van der Waals surface area (Å²) >= 11 is 0. The van der Waals surface area contributed by atoms with E-state index >= 15 is 0 Å². The van der Waals surface area contributed by atoms with Crippen molar-refractivity contribution in [3.05, 3.63) is 42.5 Å². The number of nitrogens with zero attached hydrogens (tertiary/aromatic N) is 4. The number of benzene rings is 1. The summed E-state index contributed by atoms with van der Waals surface area (Å²) in [6.45, 7) is 6.79. The summed E-state index contributed by atoms with van der Waals surface area (Å²) in [5.41, 5.74) is 2.46. The lowest BCUT2D eigenvalue weighted by molar-refractivity contribution is 0.0298. The smallest absolute Gasteiger partial charge is 0.410 e. The molecule has 2 unspecified atom stereocenters. The number of fused-ring (bicyclic) bond motifs is 4. The Morgan fingerprint density at radius 2 is 1.79 bits per heavy atom. The maximum absolute atomic E-state index is 12.9. The van der Waals surface area contributed by atoms with Gasteiger partial charge in [-0.15, -0.1) is 0 Å². The van der Waals surface area contributed by atoms with Crippen LogP contribution in [0, 0.1) is 0 Å². The van der Waals surface area contributed by atoms with Crippen molar-refractivity contribution in [2.45, 2.75) is 62.1 Å². The summed E-state index contributed by atoms with van der Waals surface area (Å²) in [5, 5.41) is 0. The summed E-state index contributed by atoms with van der Waals surface area (Å²) in [6, 6.07) is 9.64. The van der Waals surface area contributed by atoms with Gasteiger partial charge in [-0.3, -0.25) is 4.90 Å². The molecule has 4 aliphatic heterocycles. The number of carbonyl (C=O) groups excluding carboxylic acids is 2. The molecule has 2 atom stereocenters. The van der Waals surface area contributed by atoms with Crippen LogP contribution < -0.4 is 4.90 Å². The minimum absolute atomic E-state index is 0.0486. The first-order valence-corrected chi connectivity index (χ1v) is 12.3. The average Bonchev–Trinajstić information content (AvgIpc) is 3.28. The number of urea groups is 1. The van der Waals surface area contributed by atoms with E-state index in [1.165, 1.54) is 5.56 Å². The summed E-state index contributed by atoms with van der Waals surface area (Å²) in [7, 11) is 3.65. The molecular formula is C26H36N4O3. The largest absolute Gasteiger partial charge is 0.445 e. The molecule has 33 heavy (non-hydrogen) atoms. The third-order valence-corrected chi connectivity index (χ3v) is 8.36. The number of anilines is 1. The predicted molar refractivity (Wildman–Crippen MR) is 129 cm³/mol. The molecule has 4 aliphatic rings. The van der Waals surface area contributed by atoms with Crippen molar-refractivity contribution >= 4 is 17.8 Å². The van der Waals surface area contributed by atoms with Crippen LogP contribution in [-0.2, 0) is 10.2 Å². The highest BCUT2D eigenvalue weighted by atomic mass is 16.6. The number of rotatable bonds is 3. The number of amides is 3. The zero-order valence-electron chi connectivity index (χ0n) is 19.9. The number of likely N-dealkylation sites (tertiary alicyclic amines) is 1. The molecule has 2 bridgehead atoms. The molecule has 3 amide bonds. The first-order valence-electron chi connectivity index (χ1n) is 12.3. The number of carbonyl (C=O) groups is 2. The number of piperidine rings is 2. The first kappa shape index (κ1) is 22.3. The Balaban J connectivity index is 1.26. The van der Waals surface area contributed by atoms with Crippen molar-refractivity contribution in [1.82, 2.24) is 14.7 Å². The highest BCUT2D eigenvalue weighted by molar-refractivity contribution is 5.95. The van der Waals surface area contributed by atoms with Crippen LogP contribution >= 0.6 is 0 Å². The molecule has 4 heterocycles. The minimum Gasteiger partial charge on any atom is -0.445 e. The van der Waals surface area contributed by atoms with Crippen molar-refractivity contribution in [3.63, 3.8) is 0 Å². The van der Waals surface area contributed by atoms with Gasteiger partial charge in [-0.2, -0.15) is 0 Å². The van der Waals surface area contributed by atoms with Crippen LogP contribution in [0.4, 0.5) is 15.3 Å². The third kappa shape index (κ3) is 3.80. The number of para-hydroxylation sites is 1. The van der Waals surface area contributed by atoms with E-state index in [2.05, 4.69) is 29.7 Å². The number of ether oxygens (including phenoxy) is 1. The standard InChI is InChI=1S/C26H36N4O3/c1-4-15-33-25(32)30-19-9-10-20(30)17-21(16-19)28-13-11-26(12-14-28)18-29(24(31)27(2)3)23-8-6-5-7-22(23)26/h4-8,19-21H,1,9-18H2,2-3H3. The molecule has 0 radical (unpaired) electrons. The van der Waals surface area contributed by atoms with E-state index in [4.69, 9.17) is 4.74 Å². The van der Waals surface area contributed by atoms with E-state index in [1.54, 1.807) is 11.0 Å². The molecule has 3 fully saturated rings. The minimum atomic E-state index is -0.174. The maximum atomic E-state index is 12.9. The fourth-order valence-corrected chi connectivity index (χ4v) is 6.74. The van der Waals surface area contributed by atoms with Gasteiger partial charge in [0.05, 0.1) is 0 Å². The molecular weight excluding hydrogens is 416 g/mol. The predicted octanol–water partition coefficient (Wildman–Crippen LogP) is 3.84. The molecule has 3 saturated heterocycles. The maximum Gasteiger partial charge on any atom is 0.410 e. The lowest BCUT2D eigenvalue weighted by Gasteiger charge is -2.47. The molecule has 1 spiro atoms. The highest BCUT2D eigenvalue weighted by Gasteiger charge is 2.49. The molecule has 178 valence electrons. The molecule has 7 heteroatoms. The van der Waals surface area contributed by atoms with Gasteiger partial charge < -0.3 is 19.4 Å². The first-order chi connectivity index (χ1) is 15.9. The summed E-state index contributed by atoms with van der Waals surface area (Å²) in [6.07, 6.45) is 7.82. The van der Waals surface area contributed by atoms with Gasteiger partial charge in [0.1, 0.15) is 6.61 Å². The zero-order valence-corrected chi connectivity index (χ0v) is 19.9. The molecule has 0 aromatic heterocycles. The van der Waals surface area contributed by atoms with E-state index < -0.39 is 0 Å². The van der Waals surface area contributed by atoms with Crippen LogP contribution in [0.25, 0.3) is 0 Å². The van der Waals surface area contributed by atoms with Crippen LogP contribution in [-0.4, -0.2) is 85.3 Å². The fourth-order valence-electron chi connectivity index (χ4n) is 6.74. The Morgan fingerprint density at radius 3 is 2.42 bits per heavy atom. The van der Waals surface area contributed by atoms with Crippen molar-refractivity contribution < 1.29 is 14.3 Å². The Bertz CT molecular complexity index is 910. The van der Waals surface area contributed by atoms with Gasteiger partial charge in [-0.1, -0.05) is 30.9 Å². The zero-order chi connectivity index (χ0) is 23.2. The second kappa shape index (κ2) is 8.67. The Kier molecular flexibility index (Phi) is 5.85. The average molecular weight is 453 g/mol. The second-order valence-corrected chi connectivity index (χ2v) is 10.4. The van der Waals surface area contributed by atoms with Crippen LogP contribution in [0.2, 0.25) is 0 Å². The monoisotopic (exact) mass is 452 g/mol. The van der Waals surface area contributed by atoms with E-state index in [9.17, 15) is 9.59 Å². The van der Waals surface area contributed by atoms with Crippen molar-refractivity contribution in [2.24, 2.45) is 0 Å². The highest BCUT2D eigenvalue weighted by Crippen LogP contribution is 2.48. The van der Waals surface area contributed by atoms with Crippen molar-refractivity contribution in [1.29, 1.82) is 0 Å². The topological polar surface area (TPSA) is 56.3 Å². The molecule has 0 aliphatic carbocycles. The summed E-state index contributed by atoms with van der Waals surface area (Å²) in [4.78, 5) is 33.7. The third-order valence-electron chi connectivity index (χ3n) is 8.36. The lowest BCUT2D eigenvalue weighted by Crippen LogP contribution is -2.55. The van der Waals surface area contributed by atoms with Crippen molar-refractivity contribution in [3.8, 4) is 0 Å². The van der Waals surface area contributed by atoms with Gasteiger partial charge in [0.15, 0.2) is 0 Å². The van der Waals surface area contributed by atoms with E-state index in [-0.39, 0.29) is 24.1 Å². The Hall–Kier alpha value is -2.54. The number of hydrogen-bond donors (Lipinski definition) is 0. The lowest BCUT2D eigenvalue weighted by atomic mass is 9.73. The van der Waals surface area contributed by atoms with E-state index in [1.807, 2.05) is 30.0 Å². The van der Waals surface area contributed by atoms with Crippen LogP contribution in [0.5, 0.6) is 0 Å². The molecule has 1 aromatic rings. The van der Waals surface area contributed by atoms with E-state index in [0.29, 0.717) is 18.1 Å². The van der Waals surface area contributed by atoms with Crippen molar-refractivity contribution in [2.75, 3.05) is 45.2 Å². The quantitative estimate of drug-likeness (QED) is 0.654. The Morgan fingerprint density at radius 1 is 1.12 bits per heavy atom. The normalized spacial score (nSPS) is 28.0.